The fraction of sp³-hybridized carbons (Fsp3) is 0.364. The minimum atomic E-state index is -3.97. The molecule has 31 heavy (non-hydrogen) atoms. The predicted octanol–water partition coefficient (Wildman–Crippen LogP) is 3.25. The van der Waals surface area contributed by atoms with Crippen molar-refractivity contribution in [3.63, 3.8) is 0 Å². The van der Waals surface area contributed by atoms with E-state index < -0.39 is 27.8 Å². The summed E-state index contributed by atoms with van der Waals surface area (Å²) in [5, 5.41) is 2.69. The zero-order chi connectivity index (χ0) is 22.6. The Morgan fingerprint density at radius 3 is 2.32 bits per heavy atom. The third-order valence-corrected chi connectivity index (χ3v) is 6.39. The number of carbonyl (C=O) groups excluding carboxylic acids is 2. The van der Waals surface area contributed by atoms with E-state index in [1.54, 1.807) is 36.1 Å². The molecule has 1 fully saturated rings. The zero-order valence-electron chi connectivity index (χ0n) is 17.5. The number of sulfonamides is 1. The molecule has 1 atom stereocenters. The molecule has 0 saturated carbocycles. The van der Waals surface area contributed by atoms with E-state index in [1.165, 1.54) is 18.2 Å². The van der Waals surface area contributed by atoms with Crippen LogP contribution < -0.4 is 9.62 Å². The number of anilines is 2. The average Bonchev–Trinajstić information content (AvgIpc) is 3.26. The molecule has 1 heterocycles. The molecule has 2 amide bonds. The highest BCUT2D eigenvalue weighted by atomic mass is 32.2. The Morgan fingerprint density at radius 2 is 1.71 bits per heavy atom. The van der Waals surface area contributed by atoms with Crippen LogP contribution in [0, 0.1) is 5.82 Å². The van der Waals surface area contributed by atoms with Crippen LogP contribution in [0.25, 0.3) is 0 Å². The van der Waals surface area contributed by atoms with Crippen molar-refractivity contribution >= 4 is 33.2 Å². The number of rotatable bonds is 7. The first kappa shape index (κ1) is 22.7. The Hall–Kier alpha value is -2.94. The summed E-state index contributed by atoms with van der Waals surface area (Å²) in [5.41, 5.74) is 0.433. The quantitative estimate of drug-likeness (QED) is 0.706. The normalized spacial score (nSPS) is 14.9. The number of para-hydroxylation sites is 2. The van der Waals surface area contributed by atoms with Gasteiger partial charge in [-0.1, -0.05) is 31.2 Å². The van der Waals surface area contributed by atoms with Crippen LogP contribution in [0.4, 0.5) is 15.8 Å². The largest absolute Gasteiger partial charge is 0.339 e. The van der Waals surface area contributed by atoms with Crippen molar-refractivity contribution in [2.24, 2.45) is 0 Å². The van der Waals surface area contributed by atoms with Crippen molar-refractivity contribution < 1.29 is 22.4 Å². The van der Waals surface area contributed by atoms with E-state index in [0.29, 0.717) is 24.3 Å². The summed E-state index contributed by atoms with van der Waals surface area (Å²) in [6, 6.07) is 10.8. The highest BCUT2D eigenvalue weighted by Gasteiger charge is 2.33. The van der Waals surface area contributed by atoms with Crippen molar-refractivity contribution in [2.75, 3.05) is 29.0 Å². The predicted molar refractivity (Wildman–Crippen MR) is 118 cm³/mol. The molecule has 1 N–H and O–H groups in total. The van der Waals surface area contributed by atoms with Crippen LogP contribution in [-0.2, 0) is 14.8 Å². The molecule has 0 radical (unpaired) electrons. The van der Waals surface area contributed by atoms with E-state index in [4.69, 9.17) is 0 Å². The van der Waals surface area contributed by atoms with Gasteiger partial charge in [0, 0.05) is 13.1 Å². The van der Waals surface area contributed by atoms with Gasteiger partial charge in [-0.2, -0.15) is 0 Å². The third-order valence-electron chi connectivity index (χ3n) is 5.23. The number of likely N-dealkylation sites (tertiary alicyclic amines) is 1. The van der Waals surface area contributed by atoms with Crippen LogP contribution in [-0.4, -0.2) is 50.5 Å². The second-order valence-electron chi connectivity index (χ2n) is 7.47. The van der Waals surface area contributed by atoms with E-state index in [9.17, 15) is 22.4 Å². The highest BCUT2D eigenvalue weighted by molar-refractivity contribution is 7.92. The van der Waals surface area contributed by atoms with Gasteiger partial charge in [-0.3, -0.25) is 13.9 Å². The third kappa shape index (κ3) is 5.04. The number of nitrogens with one attached hydrogen (secondary N) is 1. The van der Waals surface area contributed by atoms with Crippen LogP contribution in [0.5, 0.6) is 0 Å². The summed E-state index contributed by atoms with van der Waals surface area (Å²) in [5.74, 6) is -1.57. The van der Waals surface area contributed by atoms with Crippen molar-refractivity contribution in [1.82, 2.24) is 4.90 Å². The Bertz CT molecular complexity index is 1070. The van der Waals surface area contributed by atoms with E-state index in [0.717, 1.165) is 29.5 Å². The molecule has 2 aromatic carbocycles. The van der Waals surface area contributed by atoms with Crippen molar-refractivity contribution in [2.45, 2.75) is 32.2 Å². The molecule has 1 aliphatic rings. The maximum Gasteiger partial charge on any atom is 0.255 e. The van der Waals surface area contributed by atoms with Gasteiger partial charge in [0.25, 0.3) is 5.91 Å². The number of amides is 2. The van der Waals surface area contributed by atoms with E-state index >= 15 is 0 Å². The maximum atomic E-state index is 14.4. The molecule has 0 aromatic heterocycles. The van der Waals surface area contributed by atoms with Crippen molar-refractivity contribution in [3.8, 4) is 0 Å². The van der Waals surface area contributed by atoms with Gasteiger partial charge in [-0.25, -0.2) is 12.8 Å². The lowest BCUT2D eigenvalue weighted by Crippen LogP contribution is -2.47. The number of hydrogen-bond acceptors (Lipinski definition) is 4. The summed E-state index contributed by atoms with van der Waals surface area (Å²) in [6.45, 7) is 2.96. The van der Waals surface area contributed by atoms with Crippen molar-refractivity contribution in [3.05, 3.63) is 59.9 Å². The van der Waals surface area contributed by atoms with Gasteiger partial charge < -0.3 is 10.2 Å². The Balaban J connectivity index is 1.92. The lowest BCUT2D eigenvalue weighted by atomic mass is 10.1. The minimum absolute atomic E-state index is 0.107. The zero-order valence-corrected chi connectivity index (χ0v) is 18.4. The van der Waals surface area contributed by atoms with Crippen LogP contribution in [0.15, 0.2) is 48.5 Å². The highest BCUT2D eigenvalue weighted by Crippen LogP contribution is 2.27. The molecular weight excluding hydrogens is 421 g/mol. The molecule has 7 nitrogen and oxygen atoms in total. The molecular formula is C22H26FN3O4S. The smallest absolute Gasteiger partial charge is 0.255 e. The van der Waals surface area contributed by atoms with Crippen LogP contribution in [0.2, 0.25) is 0 Å². The fourth-order valence-corrected chi connectivity index (χ4v) is 4.96. The lowest BCUT2D eigenvalue weighted by Gasteiger charge is -2.30. The number of nitrogens with zero attached hydrogens (tertiary/aromatic N) is 2. The topological polar surface area (TPSA) is 86.8 Å². The summed E-state index contributed by atoms with van der Waals surface area (Å²) in [7, 11) is -3.97. The Morgan fingerprint density at radius 1 is 1.10 bits per heavy atom. The number of halogens is 1. The molecule has 0 spiro atoms. The standard InChI is InChI=1S/C22H26FN3O4S/c1-3-19(26(31(2,29)30)20-13-7-5-11-17(20)23)21(27)24-18-12-6-4-10-16(18)22(28)25-14-8-9-15-25/h4-7,10-13,19H,3,8-9,14-15H2,1-2H3,(H,24,27)/t19-/m1/s1. The molecule has 1 saturated heterocycles. The van der Waals surface area contributed by atoms with Gasteiger partial charge in [0.15, 0.2) is 0 Å². The second-order valence-corrected chi connectivity index (χ2v) is 9.33. The molecule has 166 valence electrons. The monoisotopic (exact) mass is 447 g/mol. The Labute approximate surface area is 181 Å². The van der Waals surface area contributed by atoms with E-state index in [1.807, 2.05) is 0 Å². The number of hydrogen-bond donors (Lipinski definition) is 1. The summed E-state index contributed by atoms with van der Waals surface area (Å²) >= 11 is 0. The Kier molecular flexibility index (Phi) is 6.94. The van der Waals surface area contributed by atoms with Crippen molar-refractivity contribution in [1.29, 1.82) is 0 Å². The molecule has 3 rings (SSSR count). The van der Waals surface area contributed by atoms with E-state index in [-0.39, 0.29) is 18.0 Å². The van der Waals surface area contributed by atoms with Gasteiger partial charge in [-0.15, -0.1) is 0 Å². The van der Waals surface area contributed by atoms with Gasteiger partial charge >= 0.3 is 0 Å². The second kappa shape index (κ2) is 9.47. The fourth-order valence-electron chi connectivity index (χ4n) is 3.75. The first-order valence-electron chi connectivity index (χ1n) is 10.2. The number of carbonyl (C=O) groups is 2. The average molecular weight is 448 g/mol. The first-order valence-corrected chi connectivity index (χ1v) is 12.0. The summed E-state index contributed by atoms with van der Waals surface area (Å²) in [4.78, 5) is 27.7. The maximum absolute atomic E-state index is 14.4. The van der Waals surface area contributed by atoms with Gasteiger partial charge in [0.1, 0.15) is 11.9 Å². The molecule has 0 unspecified atom stereocenters. The molecule has 1 aliphatic heterocycles. The van der Waals surface area contributed by atoms with Gasteiger partial charge in [-0.05, 0) is 43.5 Å². The van der Waals surface area contributed by atoms with E-state index in [2.05, 4.69) is 5.32 Å². The van der Waals surface area contributed by atoms with Gasteiger partial charge in [0.2, 0.25) is 15.9 Å². The van der Waals surface area contributed by atoms with Crippen LogP contribution in [0.1, 0.15) is 36.5 Å². The molecule has 2 aromatic rings. The first-order chi connectivity index (χ1) is 14.7. The van der Waals surface area contributed by atoms with Crippen LogP contribution >= 0.6 is 0 Å². The molecule has 9 heteroatoms. The minimum Gasteiger partial charge on any atom is -0.339 e. The molecule has 0 aliphatic carbocycles. The summed E-state index contributed by atoms with van der Waals surface area (Å²) in [6.07, 6.45) is 2.91. The van der Waals surface area contributed by atoms with Crippen LogP contribution in [0.3, 0.4) is 0 Å². The summed E-state index contributed by atoms with van der Waals surface area (Å²) < 4.78 is 40.2. The number of benzene rings is 2. The SMILES string of the molecule is CC[C@H](C(=O)Nc1ccccc1C(=O)N1CCCC1)N(c1ccccc1F)S(C)(=O)=O. The lowest BCUT2D eigenvalue weighted by molar-refractivity contribution is -0.117. The van der Waals surface area contributed by atoms with Gasteiger partial charge in [0.05, 0.1) is 23.2 Å². The molecule has 0 bridgehead atoms.